The van der Waals surface area contributed by atoms with Gasteiger partial charge in [-0.2, -0.15) is 12.1 Å². The zero-order chi connectivity index (χ0) is 34.0. The molecule has 49 heavy (non-hydrogen) atoms. The Morgan fingerprint density at radius 3 is 2.20 bits per heavy atom. The molecular formula is C43H43N4OPt-3. The maximum absolute atomic E-state index is 6.49. The van der Waals surface area contributed by atoms with Crippen LogP contribution in [0.25, 0.3) is 27.6 Å². The SMILES string of the molecule is Cc1cc(C)c(N2[CH-]N(c3[c-]c(Oc4[c-]c5c(cc4)c4ccccc4n5-c4cc(C(C)(C)C)ccn4)ccc3)C=C2C(C)(C)C)cc1C.[Pt]. The maximum atomic E-state index is 6.49. The van der Waals surface area contributed by atoms with Crippen LogP contribution in [-0.2, 0) is 26.5 Å². The molecule has 1 aliphatic rings. The number of fused-ring (bicyclic) bond motifs is 3. The van der Waals surface area contributed by atoms with Gasteiger partial charge in [0.05, 0.1) is 0 Å². The summed E-state index contributed by atoms with van der Waals surface area (Å²) in [5, 5.41) is 2.26. The number of anilines is 2. The molecular weight excluding hydrogens is 784 g/mol. The molecule has 0 atom stereocenters. The molecule has 5 nitrogen and oxygen atoms in total. The van der Waals surface area contributed by atoms with E-state index in [2.05, 4.69) is 162 Å². The van der Waals surface area contributed by atoms with Gasteiger partial charge < -0.3 is 19.1 Å². The number of aryl methyl sites for hydroxylation is 3. The van der Waals surface area contributed by atoms with Gasteiger partial charge in [-0.05, 0) is 84.3 Å². The van der Waals surface area contributed by atoms with Crippen molar-refractivity contribution in [2.75, 3.05) is 9.80 Å². The Bertz CT molecular complexity index is 2220. The van der Waals surface area contributed by atoms with E-state index in [-0.39, 0.29) is 31.9 Å². The fraction of sp³-hybridized carbons (Fsp3) is 0.256. The molecule has 6 aromatic rings. The second-order valence-corrected chi connectivity index (χ2v) is 15.0. The molecule has 3 heterocycles. The molecule has 0 unspecified atom stereocenters. The van der Waals surface area contributed by atoms with E-state index >= 15 is 0 Å². The van der Waals surface area contributed by atoms with Crippen LogP contribution in [0.15, 0.2) is 97.0 Å². The first kappa shape index (κ1) is 34.5. The maximum Gasteiger partial charge on any atom is 0.135 e. The van der Waals surface area contributed by atoms with Gasteiger partial charge in [0.25, 0.3) is 0 Å². The number of pyridine rings is 1. The fourth-order valence-corrected chi connectivity index (χ4v) is 6.44. The fourth-order valence-electron chi connectivity index (χ4n) is 6.44. The number of ether oxygens (including phenoxy) is 1. The van der Waals surface area contributed by atoms with Crippen molar-refractivity contribution in [1.29, 1.82) is 0 Å². The predicted octanol–water partition coefficient (Wildman–Crippen LogP) is 11.1. The van der Waals surface area contributed by atoms with E-state index < -0.39 is 0 Å². The van der Waals surface area contributed by atoms with Gasteiger partial charge in [0.15, 0.2) is 0 Å². The molecule has 0 radical (unpaired) electrons. The first-order valence-corrected chi connectivity index (χ1v) is 16.6. The molecule has 0 bridgehead atoms. The molecule has 1 aliphatic heterocycles. The van der Waals surface area contributed by atoms with E-state index in [0.29, 0.717) is 11.5 Å². The molecule has 0 fully saturated rings. The Balaban J connectivity index is 0.00000417. The van der Waals surface area contributed by atoms with Crippen LogP contribution in [0, 0.1) is 45.0 Å². The molecule has 2 aromatic heterocycles. The third-order valence-corrected chi connectivity index (χ3v) is 9.25. The molecule has 4 aromatic carbocycles. The minimum absolute atomic E-state index is 0. The summed E-state index contributed by atoms with van der Waals surface area (Å²) in [4.78, 5) is 9.26. The molecule has 0 N–H and O–H groups in total. The number of hydrogen-bond donors (Lipinski definition) is 0. The summed E-state index contributed by atoms with van der Waals surface area (Å²) in [5.41, 5.74) is 10.3. The van der Waals surface area contributed by atoms with Crippen LogP contribution in [0.2, 0.25) is 0 Å². The Hall–Kier alpha value is -4.34. The van der Waals surface area contributed by atoms with Gasteiger partial charge in [-0.3, -0.25) is 0 Å². The molecule has 0 aliphatic carbocycles. The van der Waals surface area contributed by atoms with Crippen molar-refractivity contribution in [2.45, 2.75) is 67.7 Å². The van der Waals surface area contributed by atoms with E-state index in [1.165, 1.54) is 33.6 Å². The van der Waals surface area contributed by atoms with E-state index in [0.717, 1.165) is 33.3 Å². The van der Waals surface area contributed by atoms with Crippen LogP contribution in [0.5, 0.6) is 11.5 Å². The smallest absolute Gasteiger partial charge is 0.135 e. The predicted molar refractivity (Wildman–Crippen MR) is 199 cm³/mol. The minimum Gasteiger partial charge on any atom is -0.509 e. The van der Waals surface area contributed by atoms with Crippen LogP contribution >= 0.6 is 0 Å². The first-order chi connectivity index (χ1) is 22.8. The van der Waals surface area contributed by atoms with Crippen molar-refractivity contribution in [2.24, 2.45) is 5.41 Å². The number of allylic oxidation sites excluding steroid dienone is 1. The van der Waals surface area contributed by atoms with Crippen LogP contribution in [-0.4, -0.2) is 9.55 Å². The van der Waals surface area contributed by atoms with Crippen molar-refractivity contribution < 1.29 is 25.8 Å². The monoisotopic (exact) mass is 826 g/mol. The summed E-state index contributed by atoms with van der Waals surface area (Å²) in [6, 6.07) is 34.5. The number of nitrogens with zero attached hydrogens (tertiary/aromatic N) is 4. The Labute approximate surface area is 305 Å². The van der Waals surface area contributed by atoms with Crippen LogP contribution in [0.3, 0.4) is 0 Å². The van der Waals surface area contributed by atoms with E-state index in [1.807, 2.05) is 24.4 Å². The second kappa shape index (κ2) is 12.8. The van der Waals surface area contributed by atoms with E-state index in [4.69, 9.17) is 9.72 Å². The summed E-state index contributed by atoms with van der Waals surface area (Å²) < 4.78 is 8.67. The summed E-state index contributed by atoms with van der Waals surface area (Å²) in [7, 11) is 0. The largest absolute Gasteiger partial charge is 0.509 e. The molecule has 6 heteroatoms. The second-order valence-electron chi connectivity index (χ2n) is 15.0. The average molecular weight is 827 g/mol. The molecule has 0 spiro atoms. The van der Waals surface area contributed by atoms with Crippen LogP contribution < -0.4 is 14.5 Å². The molecule has 7 rings (SSSR count). The van der Waals surface area contributed by atoms with Gasteiger partial charge in [0.1, 0.15) is 5.82 Å². The normalized spacial score (nSPS) is 13.6. The van der Waals surface area contributed by atoms with E-state index in [9.17, 15) is 0 Å². The third kappa shape index (κ3) is 6.54. The van der Waals surface area contributed by atoms with E-state index in [1.54, 1.807) is 0 Å². The minimum atomic E-state index is -0.0747. The molecule has 254 valence electrons. The van der Waals surface area contributed by atoms with Crippen molar-refractivity contribution in [3.63, 3.8) is 0 Å². The van der Waals surface area contributed by atoms with Crippen molar-refractivity contribution >= 4 is 33.2 Å². The quantitative estimate of drug-likeness (QED) is 0.162. The topological polar surface area (TPSA) is 33.5 Å². The number of aromatic nitrogens is 2. The standard InChI is InChI=1S/C43H43N4O.Pt/c1-28-21-30(3)38(22-29(28)2)46-27-45(26-40(46)43(7,8)9)32-13-12-14-33(24-32)48-34-17-18-36-35-15-10-11-16-37(35)47(39(36)25-34)41-23-31(19-20-44-41)42(4,5)6;/h10-23,26-27H,1-9H3;/q-3;. The number of para-hydroxylation sites is 1. The van der Waals surface area contributed by atoms with Crippen molar-refractivity contribution in [1.82, 2.24) is 9.55 Å². The summed E-state index contributed by atoms with van der Waals surface area (Å²) in [5.74, 6) is 2.11. The zero-order valence-electron chi connectivity index (χ0n) is 29.8. The zero-order valence-corrected chi connectivity index (χ0v) is 32.0. The molecule has 0 saturated heterocycles. The van der Waals surface area contributed by atoms with Gasteiger partial charge in [-0.15, -0.1) is 48.1 Å². The Morgan fingerprint density at radius 1 is 0.714 bits per heavy atom. The van der Waals surface area contributed by atoms with Gasteiger partial charge in [-0.25, -0.2) is 4.98 Å². The van der Waals surface area contributed by atoms with Gasteiger partial charge in [-0.1, -0.05) is 71.3 Å². The Morgan fingerprint density at radius 2 is 1.45 bits per heavy atom. The Kier molecular flexibility index (Phi) is 9.05. The van der Waals surface area contributed by atoms with Crippen LogP contribution in [0.1, 0.15) is 63.8 Å². The number of hydrogen-bond acceptors (Lipinski definition) is 4. The first-order valence-electron chi connectivity index (χ1n) is 16.6. The van der Waals surface area contributed by atoms with Crippen molar-refractivity contribution in [3.05, 3.63) is 138 Å². The third-order valence-electron chi connectivity index (χ3n) is 9.25. The van der Waals surface area contributed by atoms with Crippen molar-refractivity contribution in [3.8, 4) is 17.3 Å². The van der Waals surface area contributed by atoms with Gasteiger partial charge in [0, 0.05) is 61.1 Å². The van der Waals surface area contributed by atoms with Crippen LogP contribution in [0.4, 0.5) is 11.4 Å². The molecule has 0 saturated carbocycles. The number of benzene rings is 4. The number of rotatable bonds is 5. The summed E-state index contributed by atoms with van der Waals surface area (Å²) in [6.45, 7) is 22.1. The summed E-state index contributed by atoms with van der Waals surface area (Å²) >= 11 is 0. The average Bonchev–Trinajstić information content (AvgIpc) is 3.63. The van der Waals surface area contributed by atoms with Gasteiger partial charge >= 0.3 is 0 Å². The summed E-state index contributed by atoms with van der Waals surface area (Å²) in [6.07, 6.45) is 4.11. The molecule has 0 amide bonds. The van der Waals surface area contributed by atoms with Gasteiger partial charge in [0.2, 0.25) is 0 Å².